The van der Waals surface area contributed by atoms with Crippen molar-refractivity contribution in [1.29, 1.82) is 0 Å². The molecule has 0 bridgehead atoms. The molecular weight excluding hydrogens is 1010 g/mol. The summed E-state index contributed by atoms with van der Waals surface area (Å²) in [5, 5.41) is 0. The van der Waals surface area contributed by atoms with Crippen LogP contribution >= 0.6 is 0 Å². The third-order valence-electron chi connectivity index (χ3n) is 16.8. The lowest BCUT2D eigenvalue weighted by Gasteiger charge is -2.26. The second kappa shape index (κ2) is 23.6. The molecular formula is C83H91N. The van der Waals surface area contributed by atoms with Crippen LogP contribution < -0.4 is 0 Å². The minimum atomic E-state index is 0.0431. The lowest BCUT2D eigenvalue weighted by atomic mass is 9.79. The van der Waals surface area contributed by atoms with Crippen molar-refractivity contribution < 1.29 is 0 Å². The van der Waals surface area contributed by atoms with Crippen LogP contribution in [0.5, 0.6) is 0 Å². The van der Waals surface area contributed by atoms with Gasteiger partial charge in [0.15, 0.2) is 0 Å². The van der Waals surface area contributed by atoms with Crippen LogP contribution in [0.3, 0.4) is 0 Å². The average Bonchev–Trinajstić information content (AvgIpc) is 1.68. The molecule has 9 aromatic rings. The lowest BCUT2D eigenvalue weighted by Crippen LogP contribution is -2.16. The standard InChI is InChI=1S/C83H91N/c1-20-56(68-43-67(54(2)3)44-72(45-68)79(5,6)7)22-21-55(4)57-23-39-65(40-24-57)77-50-71(64-35-29-59(30-36-64)58-25-31-62(32-26-58)69-46-73(80(8,9)10)52-74(47-69)81(11,12)13)51-78(84-77)66-41-37-61(38-42-66)60-27-33-63(34-28-60)70-48-75(82(14,15)16)53-76(49-70)83(17,18)19/h20-54H,1H2,2-19H3/b55-21+,56-22+. The monoisotopic (exact) mass is 1100 g/mol. The van der Waals surface area contributed by atoms with Gasteiger partial charge in [0.2, 0.25) is 0 Å². The summed E-state index contributed by atoms with van der Waals surface area (Å²) in [7, 11) is 0. The van der Waals surface area contributed by atoms with Gasteiger partial charge in [0.05, 0.1) is 11.4 Å². The van der Waals surface area contributed by atoms with E-state index < -0.39 is 0 Å². The van der Waals surface area contributed by atoms with Crippen molar-refractivity contribution >= 4 is 11.1 Å². The third kappa shape index (κ3) is 14.2. The molecule has 0 N–H and O–H groups in total. The molecule has 0 radical (unpaired) electrons. The molecule has 0 amide bonds. The van der Waals surface area contributed by atoms with Gasteiger partial charge in [-0.25, -0.2) is 4.98 Å². The van der Waals surface area contributed by atoms with Crippen LogP contribution in [0.2, 0.25) is 0 Å². The molecule has 0 aliphatic heterocycles. The van der Waals surface area contributed by atoms with E-state index in [4.69, 9.17) is 4.98 Å². The van der Waals surface area contributed by atoms with Crippen LogP contribution in [-0.2, 0) is 27.1 Å². The van der Waals surface area contributed by atoms with Crippen LogP contribution in [0.1, 0.15) is 175 Å². The van der Waals surface area contributed by atoms with Gasteiger partial charge in [-0.05, 0) is 163 Å². The average molecular weight is 1100 g/mol. The van der Waals surface area contributed by atoms with Crippen molar-refractivity contribution in [2.24, 2.45) is 0 Å². The van der Waals surface area contributed by atoms with Gasteiger partial charge in [0, 0.05) is 11.1 Å². The minimum absolute atomic E-state index is 0.0431. The summed E-state index contributed by atoms with van der Waals surface area (Å²) in [5.74, 6) is 0.431. The summed E-state index contributed by atoms with van der Waals surface area (Å²) in [6.45, 7) is 45.5. The van der Waals surface area contributed by atoms with Crippen molar-refractivity contribution in [2.45, 2.75) is 158 Å². The first-order valence-electron chi connectivity index (χ1n) is 30.5. The quantitative estimate of drug-likeness (QED) is 0.111. The Labute approximate surface area is 506 Å². The number of hydrogen-bond donors (Lipinski definition) is 0. The zero-order valence-corrected chi connectivity index (χ0v) is 53.9. The lowest BCUT2D eigenvalue weighted by molar-refractivity contribution is 0.568. The molecule has 0 saturated carbocycles. The zero-order chi connectivity index (χ0) is 60.7. The molecule has 8 aromatic carbocycles. The SMILES string of the molecule is C=C/C(=C\C=C(/C)c1ccc(-c2cc(-c3ccc(-c4ccc(-c5cc(C(C)(C)C)cc(C(C)(C)C)c5)cc4)cc3)cc(-c3ccc(-c4ccc(-c5cc(C(C)(C)C)cc(C(C)(C)C)c5)cc4)cc3)n2)cc1)c1cc(C(C)C)cc(C(C)(C)C)c1. The van der Waals surface area contributed by atoms with Crippen LogP contribution in [0.4, 0.5) is 0 Å². The maximum absolute atomic E-state index is 5.42. The molecule has 0 aliphatic rings. The minimum Gasteiger partial charge on any atom is -0.248 e. The molecule has 0 fully saturated rings. The maximum atomic E-state index is 5.42. The van der Waals surface area contributed by atoms with E-state index in [0.717, 1.165) is 44.8 Å². The first-order valence-corrected chi connectivity index (χ1v) is 30.5. The summed E-state index contributed by atoms with van der Waals surface area (Å²) in [6, 6.07) is 70.8. The molecule has 0 saturated heterocycles. The summed E-state index contributed by atoms with van der Waals surface area (Å²) in [4.78, 5) is 5.42. The fourth-order valence-electron chi connectivity index (χ4n) is 10.8. The first kappa shape index (κ1) is 60.7. The largest absolute Gasteiger partial charge is 0.248 e. The first-order chi connectivity index (χ1) is 39.4. The second-order valence-corrected chi connectivity index (χ2v) is 29.0. The van der Waals surface area contributed by atoms with Crippen molar-refractivity contribution in [1.82, 2.24) is 4.98 Å². The summed E-state index contributed by atoms with van der Waals surface area (Å²) >= 11 is 0. The second-order valence-electron chi connectivity index (χ2n) is 29.0. The molecule has 1 nitrogen and oxygen atoms in total. The number of benzene rings is 8. The number of hydrogen-bond acceptors (Lipinski definition) is 1. The maximum Gasteiger partial charge on any atom is 0.0715 e. The topological polar surface area (TPSA) is 12.9 Å². The number of allylic oxidation sites excluding steroid dienone is 5. The molecule has 0 unspecified atom stereocenters. The van der Waals surface area contributed by atoms with E-state index in [1.165, 1.54) is 89.0 Å². The van der Waals surface area contributed by atoms with Gasteiger partial charge in [-0.2, -0.15) is 0 Å². The highest BCUT2D eigenvalue weighted by Gasteiger charge is 2.24. The number of pyridine rings is 1. The number of nitrogens with zero attached hydrogens (tertiary/aromatic N) is 1. The summed E-state index contributed by atoms with van der Waals surface area (Å²) in [5.41, 5.74) is 29.0. The Balaban J connectivity index is 1.04. The van der Waals surface area contributed by atoms with E-state index in [2.05, 4.69) is 331 Å². The molecule has 428 valence electrons. The van der Waals surface area contributed by atoms with Crippen LogP contribution in [-0.4, -0.2) is 4.98 Å². The number of aromatic nitrogens is 1. The van der Waals surface area contributed by atoms with E-state index in [1.807, 2.05) is 6.08 Å². The van der Waals surface area contributed by atoms with Gasteiger partial charge in [-0.15, -0.1) is 0 Å². The molecule has 1 heteroatoms. The molecule has 84 heavy (non-hydrogen) atoms. The Hall–Kier alpha value is -7.87. The van der Waals surface area contributed by atoms with Crippen molar-refractivity contribution in [3.05, 3.63) is 257 Å². The predicted octanol–water partition coefficient (Wildman–Crippen LogP) is 24.0. The van der Waals surface area contributed by atoms with Crippen LogP contribution in [0.15, 0.2) is 213 Å². The highest BCUT2D eigenvalue weighted by Crippen LogP contribution is 2.39. The summed E-state index contributed by atoms with van der Waals surface area (Å²) < 4.78 is 0. The van der Waals surface area contributed by atoms with E-state index >= 15 is 0 Å². The Morgan fingerprint density at radius 3 is 0.917 bits per heavy atom. The van der Waals surface area contributed by atoms with Crippen molar-refractivity contribution in [3.63, 3.8) is 0 Å². The molecule has 0 atom stereocenters. The third-order valence-corrected chi connectivity index (χ3v) is 16.8. The van der Waals surface area contributed by atoms with Crippen LogP contribution in [0.25, 0.3) is 89.3 Å². The Morgan fingerprint density at radius 1 is 0.321 bits per heavy atom. The smallest absolute Gasteiger partial charge is 0.0715 e. The normalized spacial score (nSPS) is 12.9. The van der Waals surface area contributed by atoms with Gasteiger partial charge in [-0.1, -0.05) is 318 Å². The highest BCUT2D eigenvalue weighted by atomic mass is 14.7. The van der Waals surface area contributed by atoms with E-state index in [9.17, 15) is 0 Å². The fourth-order valence-corrected chi connectivity index (χ4v) is 10.8. The fraction of sp³-hybridized carbons (Fsp3) is 0.289. The Kier molecular flexibility index (Phi) is 17.1. The van der Waals surface area contributed by atoms with Crippen LogP contribution in [0, 0.1) is 0 Å². The molecule has 1 heterocycles. The van der Waals surface area contributed by atoms with Gasteiger partial charge in [-0.3, -0.25) is 0 Å². The van der Waals surface area contributed by atoms with Crippen molar-refractivity contribution in [2.75, 3.05) is 0 Å². The highest BCUT2D eigenvalue weighted by molar-refractivity contribution is 5.82. The molecule has 1 aromatic heterocycles. The van der Waals surface area contributed by atoms with E-state index in [1.54, 1.807) is 0 Å². The molecule has 9 rings (SSSR count). The predicted molar refractivity (Wildman–Crippen MR) is 368 cm³/mol. The Bertz CT molecular complexity index is 3630. The van der Waals surface area contributed by atoms with Gasteiger partial charge < -0.3 is 0 Å². The van der Waals surface area contributed by atoms with Gasteiger partial charge in [0.25, 0.3) is 0 Å². The van der Waals surface area contributed by atoms with E-state index in [-0.39, 0.29) is 27.1 Å². The van der Waals surface area contributed by atoms with Crippen molar-refractivity contribution in [3.8, 4) is 78.1 Å². The summed E-state index contributed by atoms with van der Waals surface area (Å²) in [6.07, 6.45) is 6.42. The molecule has 0 aliphatic carbocycles. The van der Waals surface area contributed by atoms with Gasteiger partial charge in [0.1, 0.15) is 0 Å². The van der Waals surface area contributed by atoms with E-state index in [0.29, 0.717) is 5.92 Å². The number of rotatable bonds is 12. The van der Waals surface area contributed by atoms with Gasteiger partial charge >= 0.3 is 0 Å². The molecule has 0 spiro atoms. The Morgan fingerprint density at radius 2 is 0.607 bits per heavy atom. The zero-order valence-electron chi connectivity index (χ0n) is 53.9.